The number of aromatic nitrogens is 2. The van der Waals surface area contributed by atoms with Crippen LogP contribution in [0.15, 0.2) is 34.9 Å². The maximum Gasteiger partial charge on any atom is 0.227 e. The van der Waals surface area contributed by atoms with Crippen molar-refractivity contribution in [2.24, 2.45) is 5.92 Å². The van der Waals surface area contributed by atoms with Crippen LogP contribution < -0.4 is 0 Å². The Bertz CT molecular complexity index is 637. The van der Waals surface area contributed by atoms with Crippen molar-refractivity contribution in [3.8, 4) is 11.4 Å². The van der Waals surface area contributed by atoms with E-state index < -0.39 is 0 Å². The molecule has 1 aromatic carbocycles. The molecule has 0 radical (unpaired) electrons. The van der Waals surface area contributed by atoms with Gasteiger partial charge in [0, 0.05) is 18.0 Å². The monoisotopic (exact) mass is 325 g/mol. The van der Waals surface area contributed by atoms with E-state index in [0.29, 0.717) is 5.82 Å². The van der Waals surface area contributed by atoms with Gasteiger partial charge in [-0.1, -0.05) is 48.3 Å². The Morgan fingerprint density at radius 3 is 2.79 bits per heavy atom. The van der Waals surface area contributed by atoms with E-state index in [0.717, 1.165) is 36.3 Å². The molecule has 128 valence electrons. The maximum absolute atomic E-state index is 5.44. The molecule has 1 saturated heterocycles. The van der Waals surface area contributed by atoms with Crippen LogP contribution in [0.4, 0.5) is 0 Å². The van der Waals surface area contributed by atoms with E-state index in [4.69, 9.17) is 4.52 Å². The number of benzene rings is 1. The molecule has 1 aromatic heterocycles. The van der Waals surface area contributed by atoms with Crippen LogP contribution in [0, 0.1) is 5.92 Å². The molecule has 2 unspecified atom stereocenters. The van der Waals surface area contributed by atoms with Crippen LogP contribution in [0.5, 0.6) is 0 Å². The van der Waals surface area contributed by atoms with Crippen molar-refractivity contribution in [3.05, 3.63) is 36.2 Å². The molecule has 1 saturated carbocycles. The quantitative estimate of drug-likeness (QED) is 0.821. The highest BCUT2D eigenvalue weighted by Crippen LogP contribution is 2.35. The smallest absolute Gasteiger partial charge is 0.227 e. The van der Waals surface area contributed by atoms with Crippen molar-refractivity contribution < 1.29 is 4.52 Å². The van der Waals surface area contributed by atoms with Crippen LogP contribution in [0.2, 0.25) is 0 Å². The highest BCUT2D eigenvalue weighted by molar-refractivity contribution is 5.53. The topological polar surface area (TPSA) is 42.2 Å². The first-order chi connectivity index (χ1) is 11.9. The lowest BCUT2D eigenvalue weighted by Gasteiger charge is -2.44. The summed E-state index contributed by atoms with van der Waals surface area (Å²) in [5.74, 6) is 2.43. The van der Waals surface area contributed by atoms with Gasteiger partial charge in [-0.05, 0) is 51.1 Å². The lowest BCUT2D eigenvalue weighted by molar-refractivity contribution is 0.0597. The largest absolute Gasteiger partial charge is 0.339 e. The second-order valence-corrected chi connectivity index (χ2v) is 7.27. The summed E-state index contributed by atoms with van der Waals surface area (Å²) >= 11 is 0. The fraction of sp³-hybridized carbons (Fsp3) is 0.600. The third-order valence-electron chi connectivity index (χ3n) is 5.69. The number of aryl methyl sites for hydroxylation is 1. The summed E-state index contributed by atoms with van der Waals surface area (Å²) in [6.45, 7) is 2.45. The van der Waals surface area contributed by atoms with Crippen molar-refractivity contribution in [3.63, 3.8) is 0 Å². The molecule has 1 aliphatic carbocycles. The number of nitrogens with zero attached hydrogens (tertiary/aromatic N) is 3. The van der Waals surface area contributed by atoms with E-state index in [-0.39, 0.29) is 0 Å². The predicted octanol–water partition coefficient (Wildman–Crippen LogP) is 4.32. The fourth-order valence-corrected chi connectivity index (χ4v) is 4.50. The third-order valence-corrected chi connectivity index (χ3v) is 5.69. The molecule has 2 aromatic rings. The van der Waals surface area contributed by atoms with Gasteiger partial charge in [-0.2, -0.15) is 4.98 Å². The van der Waals surface area contributed by atoms with Gasteiger partial charge in [0.2, 0.25) is 11.7 Å². The SMILES string of the molecule is c1ccc(-c2noc(CCCN3CCCC4CCCCC43)n2)cc1. The highest BCUT2D eigenvalue weighted by atomic mass is 16.5. The molecule has 4 rings (SSSR count). The number of hydrogen-bond acceptors (Lipinski definition) is 4. The van der Waals surface area contributed by atoms with Gasteiger partial charge in [-0.3, -0.25) is 0 Å². The predicted molar refractivity (Wildman–Crippen MR) is 94.6 cm³/mol. The molecule has 0 amide bonds. The Morgan fingerprint density at radius 2 is 1.88 bits per heavy atom. The van der Waals surface area contributed by atoms with Crippen LogP contribution in [-0.2, 0) is 6.42 Å². The van der Waals surface area contributed by atoms with Crippen LogP contribution in [-0.4, -0.2) is 34.2 Å². The van der Waals surface area contributed by atoms with Crippen molar-refractivity contribution in [1.29, 1.82) is 0 Å². The first-order valence-corrected chi connectivity index (χ1v) is 9.52. The Balaban J connectivity index is 1.30. The highest BCUT2D eigenvalue weighted by Gasteiger charge is 2.32. The molecule has 0 spiro atoms. The third kappa shape index (κ3) is 3.54. The van der Waals surface area contributed by atoms with E-state index in [1.54, 1.807) is 0 Å². The van der Waals surface area contributed by atoms with Crippen molar-refractivity contribution >= 4 is 0 Å². The normalized spacial score (nSPS) is 24.7. The zero-order chi connectivity index (χ0) is 16.2. The van der Waals surface area contributed by atoms with Gasteiger partial charge >= 0.3 is 0 Å². The van der Waals surface area contributed by atoms with Gasteiger partial charge < -0.3 is 9.42 Å². The first-order valence-electron chi connectivity index (χ1n) is 9.52. The van der Waals surface area contributed by atoms with Crippen LogP contribution >= 0.6 is 0 Å². The van der Waals surface area contributed by atoms with Gasteiger partial charge in [0.15, 0.2) is 0 Å². The minimum Gasteiger partial charge on any atom is -0.339 e. The maximum atomic E-state index is 5.44. The average Bonchev–Trinajstić information content (AvgIpc) is 3.12. The Hall–Kier alpha value is -1.68. The molecule has 4 heteroatoms. The summed E-state index contributed by atoms with van der Waals surface area (Å²) in [5, 5.41) is 4.12. The molecule has 2 atom stereocenters. The summed E-state index contributed by atoms with van der Waals surface area (Å²) in [7, 11) is 0. The molecule has 0 bridgehead atoms. The van der Waals surface area contributed by atoms with E-state index >= 15 is 0 Å². The molecule has 1 aliphatic heterocycles. The van der Waals surface area contributed by atoms with Gasteiger partial charge in [0.25, 0.3) is 0 Å². The van der Waals surface area contributed by atoms with Gasteiger partial charge in [0.1, 0.15) is 0 Å². The molecule has 4 nitrogen and oxygen atoms in total. The van der Waals surface area contributed by atoms with Gasteiger partial charge in [-0.25, -0.2) is 0 Å². The van der Waals surface area contributed by atoms with E-state index in [1.807, 2.05) is 30.3 Å². The number of hydrogen-bond donors (Lipinski definition) is 0. The number of fused-ring (bicyclic) bond motifs is 1. The van der Waals surface area contributed by atoms with Crippen molar-refractivity contribution in [2.75, 3.05) is 13.1 Å². The van der Waals surface area contributed by atoms with E-state index in [9.17, 15) is 0 Å². The molecule has 2 heterocycles. The lowest BCUT2D eigenvalue weighted by atomic mass is 9.78. The van der Waals surface area contributed by atoms with E-state index in [1.165, 1.54) is 51.6 Å². The van der Waals surface area contributed by atoms with E-state index in [2.05, 4.69) is 15.0 Å². The van der Waals surface area contributed by atoms with Crippen molar-refractivity contribution in [2.45, 2.75) is 57.4 Å². The van der Waals surface area contributed by atoms with Gasteiger partial charge in [0.05, 0.1) is 0 Å². The van der Waals surface area contributed by atoms with Crippen LogP contribution in [0.1, 0.15) is 50.8 Å². The van der Waals surface area contributed by atoms with Crippen molar-refractivity contribution in [1.82, 2.24) is 15.0 Å². The number of piperidine rings is 1. The Kier molecular flexibility index (Phi) is 4.93. The Labute approximate surface area is 144 Å². The summed E-state index contributed by atoms with van der Waals surface area (Å²) in [6, 6.07) is 10.9. The lowest BCUT2D eigenvalue weighted by Crippen LogP contribution is -2.47. The first kappa shape index (κ1) is 15.8. The summed E-state index contributed by atoms with van der Waals surface area (Å²) in [4.78, 5) is 7.29. The standard InChI is InChI=1S/C20H27N3O/c1-2-9-17(10-3-1)20-21-19(24-22-20)13-7-15-23-14-6-11-16-8-4-5-12-18(16)23/h1-3,9-10,16,18H,4-8,11-15H2. The Morgan fingerprint density at radius 1 is 1.04 bits per heavy atom. The average molecular weight is 325 g/mol. The zero-order valence-electron chi connectivity index (χ0n) is 14.4. The molecule has 2 aliphatic rings. The molecular weight excluding hydrogens is 298 g/mol. The van der Waals surface area contributed by atoms with Crippen LogP contribution in [0.3, 0.4) is 0 Å². The molecular formula is C20H27N3O. The second kappa shape index (κ2) is 7.47. The van der Waals surface area contributed by atoms with Gasteiger partial charge in [-0.15, -0.1) is 0 Å². The zero-order valence-corrected chi connectivity index (χ0v) is 14.4. The second-order valence-electron chi connectivity index (χ2n) is 7.27. The fourth-order valence-electron chi connectivity index (χ4n) is 4.50. The minimum atomic E-state index is 0.705. The summed E-state index contributed by atoms with van der Waals surface area (Å²) in [5.41, 5.74) is 1.02. The minimum absolute atomic E-state index is 0.705. The molecule has 0 N–H and O–H groups in total. The number of likely N-dealkylation sites (tertiary alicyclic amines) is 1. The summed E-state index contributed by atoms with van der Waals surface area (Å²) in [6.07, 6.45) is 10.5. The van der Waals surface area contributed by atoms with Crippen LogP contribution in [0.25, 0.3) is 11.4 Å². The summed E-state index contributed by atoms with van der Waals surface area (Å²) < 4.78 is 5.44. The number of rotatable bonds is 5. The molecule has 24 heavy (non-hydrogen) atoms. The molecule has 2 fully saturated rings.